The van der Waals surface area contributed by atoms with Gasteiger partial charge in [0, 0.05) is 28.8 Å². The zero-order valence-corrected chi connectivity index (χ0v) is 16.5. The summed E-state index contributed by atoms with van der Waals surface area (Å²) in [5.41, 5.74) is 5.16. The van der Waals surface area contributed by atoms with Crippen LogP contribution in [0.1, 0.15) is 28.1 Å². The molecule has 1 aromatic carbocycles. The van der Waals surface area contributed by atoms with Crippen molar-refractivity contribution in [3.05, 3.63) is 69.5 Å². The highest BCUT2D eigenvalue weighted by Crippen LogP contribution is 2.41. The molecule has 140 valence electrons. The fourth-order valence-electron chi connectivity index (χ4n) is 3.64. The number of benzene rings is 1. The Hall–Kier alpha value is -2.99. The lowest BCUT2D eigenvalue weighted by atomic mass is 10.0. The van der Waals surface area contributed by atoms with Crippen LogP contribution in [0.3, 0.4) is 0 Å². The number of thiophene rings is 1. The molecule has 5 nitrogen and oxygen atoms in total. The minimum absolute atomic E-state index is 0.270. The van der Waals surface area contributed by atoms with Gasteiger partial charge in [0.25, 0.3) is 0 Å². The number of hydrogen-bond donors (Lipinski definition) is 0. The highest BCUT2D eigenvalue weighted by molar-refractivity contribution is 7.19. The second-order valence-electron chi connectivity index (χ2n) is 7.19. The van der Waals surface area contributed by atoms with Gasteiger partial charge in [0.05, 0.1) is 5.69 Å². The minimum atomic E-state index is 0.270. The van der Waals surface area contributed by atoms with Crippen molar-refractivity contribution in [1.82, 2.24) is 9.97 Å². The van der Waals surface area contributed by atoms with Gasteiger partial charge in [0.15, 0.2) is 11.4 Å². The molecule has 0 fully saturated rings. The van der Waals surface area contributed by atoms with Gasteiger partial charge in [-0.2, -0.15) is 14.7 Å². The standard InChI is InChI=1S/C22H19N3O2S/c1-13-6-9-15(10-7-13)20-19-17-4-3-5-18(17)28-21(19)24-22(23-20)27-16-11-8-14(2)25(26)12-16/h6-12H,3-5H2,1-2H3. The van der Waals surface area contributed by atoms with Crippen molar-refractivity contribution in [3.63, 3.8) is 0 Å². The van der Waals surface area contributed by atoms with E-state index < -0.39 is 0 Å². The minimum Gasteiger partial charge on any atom is -0.618 e. The summed E-state index contributed by atoms with van der Waals surface area (Å²) >= 11 is 1.73. The van der Waals surface area contributed by atoms with E-state index in [9.17, 15) is 5.21 Å². The molecule has 3 heterocycles. The van der Waals surface area contributed by atoms with Crippen LogP contribution in [-0.4, -0.2) is 9.97 Å². The normalized spacial score (nSPS) is 13.1. The molecule has 4 aromatic rings. The second kappa shape index (κ2) is 6.56. The predicted molar refractivity (Wildman–Crippen MR) is 110 cm³/mol. The number of pyridine rings is 1. The molecule has 1 aliphatic rings. The molecule has 6 heteroatoms. The van der Waals surface area contributed by atoms with E-state index in [2.05, 4.69) is 36.2 Å². The van der Waals surface area contributed by atoms with E-state index in [1.165, 1.54) is 28.6 Å². The fourth-order valence-corrected chi connectivity index (χ4v) is 4.90. The highest BCUT2D eigenvalue weighted by atomic mass is 32.1. The van der Waals surface area contributed by atoms with E-state index in [-0.39, 0.29) is 6.01 Å². The van der Waals surface area contributed by atoms with Crippen LogP contribution in [0.15, 0.2) is 42.6 Å². The van der Waals surface area contributed by atoms with Crippen LogP contribution in [0.5, 0.6) is 11.8 Å². The average molecular weight is 389 g/mol. The molecular weight excluding hydrogens is 370 g/mol. The number of ether oxygens (including phenoxy) is 1. The zero-order valence-electron chi connectivity index (χ0n) is 15.7. The van der Waals surface area contributed by atoms with Crippen LogP contribution in [0.25, 0.3) is 21.5 Å². The summed E-state index contributed by atoms with van der Waals surface area (Å²) in [5.74, 6) is 0.430. The molecule has 0 unspecified atom stereocenters. The first-order chi connectivity index (χ1) is 13.6. The monoisotopic (exact) mass is 389 g/mol. The second-order valence-corrected chi connectivity index (χ2v) is 8.28. The first kappa shape index (κ1) is 17.1. The SMILES string of the molecule is Cc1ccc(-c2nc(Oc3ccc(C)[n+]([O-])c3)nc3sc4c(c23)CCC4)cc1. The van der Waals surface area contributed by atoms with Gasteiger partial charge < -0.3 is 9.94 Å². The summed E-state index contributed by atoms with van der Waals surface area (Å²) in [6.45, 7) is 3.83. The van der Waals surface area contributed by atoms with Crippen LogP contribution in [0, 0.1) is 19.1 Å². The molecule has 0 radical (unpaired) electrons. The third-order valence-corrected chi connectivity index (χ3v) is 6.34. The molecule has 0 aliphatic heterocycles. The third kappa shape index (κ3) is 2.90. The molecule has 0 spiro atoms. The van der Waals surface area contributed by atoms with Crippen molar-refractivity contribution >= 4 is 21.6 Å². The summed E-state index contributed by atoms with van der Waals surface area (Å²) in [4.78, 5) is 11.8. The molecule has 28 heavy (non-hydrogen) atoms. The Bertz CT molecular complexity index is 1200. The average Bonchev–Trinajstić information content (AvgIpc) is 3.26. The molecule has 0 N–H and O–H groups in total. The van der Waals surface area contributed by atoms with Crippen molar-refractivity contribution in [3.8, 4) is 23.0 Å². The van der Waals surface area contributed by atoms with E-state index in [0.717, 1.165) is 39.0 Å². The lowest BCUT2D eigenvalue weighted by Crippen LogP contribution is -2.28. The summed E-state index contributed by atoms with van der Waals surface area (Å²) in [6, 6.07) is 12.1. The lowest BCUT2D eigenvalue weighted by Gasteiger charge is -2.09. The number of rotatable bonds is 3. The molecule has 3 aromatic heterocycles. The molecule has 0 saturated heterocycles. The van der Waals surface area contributed by atoms with E-state index in [1.54, 1.807) is 30.4 Å². The first-order valence-electron chi connectivity index (χ1n) is 9.35. The largest absolute Gasteiger partial charge is 0.618 e. The lowest BCUT2D eigenvalue weighted by molar-refractivity contribution is -0.612. The van der Waals surface area contributed by atoms with Crippen molar-refractivity contribution < 1.29 is 9.47 Å². The fraction of sp³-hybridized carbons (Fsp3) is 0.227. The molecule has 0 saturated carbocycles. The summed E-state index contributed by atoms with van der Waals surface area (Å²) in [5, 5.41) is 13.0. The van der Waals surface area contributed by atoms with Gasteiger partial charge in [0.2, 0.25) is 6.20 Å². The van der Waals surface area contributed by atoms with E-state index >= 15 is 0 Å². The van der Waals surface area contributed by atoms with Crippen molar-refractivity contribution in [2.45, 2.75) is 33.1 Å². The smallest absolute Gasteiger partial charge is 0.324 e. The first-order valence-corrected chi connectivity index (χ1v) is 10.2. The van der Waals surface area contributed by atoms with Crippen molar-refractivity contribution in [2.75, 3.05) is 0 Å². The molecule has 0 atom stereocenters. The molecule has 1 aliphatic carbocycles. The zero-order chi connectivity index (χ0) is 19.3. The molecule has 0 amide bonds. The number of nitrogens with zero attached hydrogens (tertiary/aromatic N) is 3. The Morgan fingerprint density at radius 3 is 2.64 bits per heavy atom. The number of hydrogen-bond acceptors (Lipinski definition) is 5. The van der Waals surface area contributed by atoms with Gasteiger partial charge in [-0.25, -0.2) is 0 Å². The van der Waals surface area contributed by atoms with Gasteiger partial charge in [-0.1, -0.05) is 29.8 Å². The summed E-state index contributed by atoms with van der Waals surface area (Å²) in [7, 11) is 0. The number of aromatic nitrogens is 3. The Labute approximate surface area is 166 Å². The van der Waals surface area contributed by atoms with E-state index in [0.29, 0.717) is 11.4 Å². The van der Waals surface area contributed by atoms with Gasteiger partial charge in [0.1, 0.15) is 4.83 Å². The van der Waals surface area contributed by atoms with Gasteiger partial charge in [-0.05, 0) is 37.8 Å². The van der Waals surface area contributed by atoms with Crippen LogP contribution < -0.4 is 9.47 Å². The quantitative estimate of drug-likeness (QED) is 0.370. The number of fused-ring (bicyclic) bond motifs is 3. The van der Waals surface area contributed by atoms with Crippen LogP contribution in [0.4, 0.5) is 0 Å². The highest BCUT2D eigenvalue weighted by Gasteiger charge is 2.23. The Morgan fingerprint density at radius 2 is 1.86 bits per heavy atom. The van der Waals surface area contributed by atoms with E-state index in [1.807, 2.05) is 0 Å². The van der Waals surface area contributed by atoms with Crippen molar-refractivity contribution in [1.29, 1.82) is 0 Å². The topological polar surface area (TPSA) is 62.0 Å². The van der Waals surface area contributed by atoms with Crippen LogP contribution in [0.2, 0.25) is 0 Å². The van der Waals surface area contributed by atoms with Crippen LogP contribution >= 0.6 is 11.3 Å². The maximum atomic E-state index is 11.9. The Balaban J connectivity index is 1.66. The van der Waals surface area contributed by atoms with Gasteiger partial charge >= 0.3 is 6.01 Å². The van der Waals surface area contributed by atoms with Gasteiger partial charge in [-0.15, -0.1) is 11.3 Å². The maximum absolute atomic E-state index is 11.9. The van der Waals surface area contributed by atoms with Crippen molar-refractivity contribution in [2.24, 2.45) is 0 Å². The van der Waals surface area contributed by atoms with E-state index in [4.69, 9.17) is 9.72 Å². The Kier molecular flexibility index (Phi) is 4.02. The molecule has 0 bridgehead atoms. The third-order valence-electron chi connectivity index (χ3n) is 5.16. The maximum Gasteiger partial charge on any atom is 0.324 e. The summed E-state index contributed by atoms with van der Waals surface area (Å²) < 4.78 is 6.66. The number of aryl methyl sites for hydroxylation is 4. The van der Waals surface area contributed by atoms with Crippen LogP contribution in [-0.2, 0) is 12.8 Å². The molecule has 5 rings (SSSR count). The summed E-state index contributed by atoms with van der Waals surface area (Å²) in [6.07, 6.45) is 4.78. The predicted octanol–water partition coefficient (Wildman–Crippen LogP) is 4.89. The molecular formula is C22H19N3O2S. The van der Waals surface area contributed by atoms with Gasteiger partial charge in [-0.3, -0.25) is 0 Å². The Morgan fingerprint density at radius 1 is 1.04 bits per heavy atom.